The zero-order chi connectivity index (χ0) is 28.8. The highest BCUT2D eigenvalue weighted by Gasteiger charge is 2.38. The molecule has 0 radical (unpaired) electrons. The van der Waals surface area contributed by atoms with Crippen molar-refractivity contribution in [1.29, 1.82) is 0 Å². The lowest BCUT2D eigenvalue weighted by molar-refractivity contribution is -0.145. The van der Waals surface area contributed by atoms with Gasteiger partial charge in [-0.05, 0) is 72.1 Å². The average Bonchev–Trinajstić information content (AvgIpc) is 2.72. The van der Waals surface area contributed by atoms with E-state index < -0.39 is 46.5 Å². The Balaban J connectivity index is 3.22. The lowest BCUT2D eigenvalue weighted by Crippen LogP contribution is -2.52. The van der Waals surface area contributed by atoms with Crippen LogP contribution >= 0.6 is 0 Å². The molecule has 0 aliphatic rings. The molecule has 0 aliphatic carbocycles. The topological polar surface area (TPSA) is 151 Å². The van der Waals surface area contributed by atoms with Gasteiger partial charge in [-0.15, -0.1) is 0 Å². The Morgan fingerprint density at radius 3 is 1.86 bits per heavy atom. The molecule has 3 N–H and O–H groups in total. The molecule has 10 heteroatoms. The van der Waals surface area contributed by atoms with E-state index in [1.54, 1.807) is 41.5 Å². The van der Waals surface area contributed by atoms with Gasteiger partial charge < -0.3 is 29.8 Å². The number of benzene rings is 1. The van der Waals surface area contributed by atoms with E-state index in [0.717, 1.165) is 0 Å². The smallest absolute Gasteiger partial charge is 0.480 e. The molecular formula is C27H41NO9. The molecule has 1 aromatic carbocycles. The van der Waals surface area contributed by atoms with Gasteiger partial charge in [0.25, 0.3) is 0 Å². The summed E-state index contributed by atoms with van der Waals surface area (Å²) in [6, 6.07) is 4.38. The molecule has 1 aromatic rings. The number of esters is 2. The molecular weight excluding hydrogens is 482 g/mol. The summed E-state index contributed by atoms with van der Waals surface area (Å²) in [6.45, 7) is 15.5. The summed E-state index contributed by atoms with van der Waals surface area (Å²) in [5.41, 5.74) is 3.16. The van der Waals surface area contributed by atoms with Gasteiger partial charge in [-0.1, -0.05) is 19.9 Å². The first-order chi connectivity index (χ1) is 16.7. The molecule has 0 spiro atoms. The Morgan fingerprint density at radius 1 is 0.892 bits per heavy atom. The van der Waals surface area contributed by atoms with Gasteiger partial charge in [0.1, 0.15) is 11.6 Å². The van der Waals surface area contributed by atoms with E-state index in [1.807, 2.05) is 13.8 Å². The summed E-state index contributed by atoms with van der Waals surface area (Å²) in [6.07, 6.45) is -2.16. The summed E-state index contributed by atoms with van der Waals surface area (Å²) < 4.78 is 21.1. The van der Waals surface area contributed by atoms with Gasteiger partial charge >= 0.3 is 24.1 Å². The van der Waals surface area contributed by atoms with Gasteiger partial charge in [0.15, 0.2) is 11.5 Å². The molecule has 2 atom stereocenters. The van der Waals surface area contributed by atoms with E-state index in [1.165, 1.54) is 25.1 Å². The molecule has 0 bridgehead atoms. The van der Waals surface area contributed by atoms with Crippen LogP contribution in [0.2, 0.25) is 0 Å². The van der Waals surface area contributed by atoms with Crippen molar-refractivity contribution in [2.24, 2.45) is 22.5 Å². The molecule has 0 saturated carbocycles. The van der Waals surface area contributed by atoms with E-state index in [9.17, 15) is 24.3 Å². The molecule has 0 fully saturated rings. The van der Waals surface area contributed by atoms with Crippen LogP contribution in [0.1, 0.15) is 74.3 Å². The van der Waals surface area contributed by atoms with Crippen molar-refractivity contribution in [3.05, 3.63) is 23.8 Å². The number of nitrogens with two attached hydrogens (primary N) is 1. The Kier molecular flexibility index (Phi) is 10.7. The number of hydrogen-bond donors (Lipinski definition) is 2. The quantitative estimate of drug-likeness (QED) is 0.331. The average molecular weight is 524 g/mol. The fourth-order valence-electron chi connectivity index (χ4n) is 2.92. The van der Waals surface area contributed by atoms with Crippen LogP contribution in [0.25, 0.3) is 0 Å². The Morgan fingerprint density at radius 2 is 1.41 bits per heavy atom. The number of carbonyl (C=O) groups is 4. The van der Waals surface area contributed by atoms with Gasteiger partial charge in [0.2, 0.25) is 0 Å². The predicted octanol–water partition coefficient (Wildman–Crippen LogP) is 4.50. The Hall–Kier alpha value is -3.14. The molecule has 0 saturated heterocycles. The summed E-state index contributed by atoms with van der Waals surface area (Å²) >= 11 is 0. The fourth-order valence-corrected chi connectivity index (χ4v) is 2.92. The van der Waals surface area contributed by atoms with Crippen LogP contribution in [0, 0.1) is 16.7 Å². The molecule has 10 nitrogen and oxygen atoms in total. The second-order valence-corrected chi connectivity index (χ2v) is 11.8. The summed E-state index contributed by atoms with van der Waals surface area (Å²) in [5, 5.41) is 9.89. The molecule has 0 amide bonds. The van der Waals surface area contributed by atoms with Crippen LogP contribution in [-0.4, -0.2) is 47.4 Å². The van der Waals surface area contributed by atoms with Crippen LogP contribution in [0.3, 0.4) is 0 Å². The zero-order valence-corrected chi connectivity index (χ0v) is 23.3. The number of aliphatic carboxylic acids is 1. The largest absolute Gasteiger partial charge is 0.508 e. The molecule has 0 aliphatic heterocycles. The lowest BCUT2D eigenvalue weighted by atomic mass is 9.86. The number of carboxylic acids is 1. The van der Waals surface area contributed by atoms with Crippen molar-refractivity contribution in [2.45, 2.75) is 86.8 Å². The minimum absolute atomic E-state index is 0.0174. The monoisotopic (exact) mass is 523 g/mol. The summed E-state index contributed by atoms with van der Waals surface area (Å²) in [7, 11) is 0. The highest BCUT2D eigenvalue weighted by molar-refractivity contribution is 5.82. The van der Waals surface area contributed by atoms with Crippen LogP contribution < -0.4 is 15.2 Å². The van der Waals surface area contributed by atoms with E-state index in [0.29, 0.717) is 5.56 Å². The van der Waals surface area contributed by atoms with Gasteiger partial charge in [0, 0.05) is 12.8 Å². The minimum atomic E-state index is -1.83. The number of carbonyl (C=O) groups excluding carboxylic acids is 3. The lowest BCUT2D eigenvalue weighted by Gasteiger charge is -2.28. The highest BCUT2D eigenvalue weighted by atomic mass is 16.7. The van der Waals surface area contributed by atoms with Crippen LogP contribution in [0.15, 0.2) is 18.2 Å². The maximum Gasteiger partial charge on any atom is 0.508 e. The standard InChI is InChI=1S/C27H41NO9/c1-16(2)15-34-24(33)35-17(3)13-27(28,21(29)30)14-18-10-11-19(36-22(31)25(4,5)6)20(12-18)37-23(32)26(7,8)9/h10-12,16-17H,13-15,28H2,1-9H3,(H,29,30)/t17-,27?/m0/s1. The fraction of sp³-hybridized carbons (Fsp3) is 0.630. The van der Waals surface area contributed by atoms with E-state index in [-0.39, 0.29) is 36.9 Å². The van der Waals surface area contributed by atoms with Crippen LogP contribution in [0.4, 0.5) is 4.79 Å². The third-order valence-corrected chi connectivity index (χ3v) is 5.07. The van der Waals surface area contributed by atoms with Crippen LogP contribution in [-0.2, 0) is 30.3 Å². The second-order valence-electron chi connectivity index (χ2n) is 11.8. The summed E-state index contributed by atoms with van der Waals surface area (Å²) in [4.78, 5) is 49.0. The van der Waals surface area contributed by atoms with Crippen molar-refractivity contribution >= 4 is 24.1 Å². The van der Waals surface area contributed by atoms with Gasteiger partial charge in [-0.3, -0.25) is 14.4 Å². The first-order valence-corrected chi connectivity index (χ1v) is 12.2. The number of carboxylic acid groups (broad SMARTS) is 1. The highest BCUT2D eigenvalue weighted by Crippen LogP contribution is 2.34. The maximum absolute atomic E-state index is 12.6. The van der Waals surface area contributed by atoms with Crippen molar-refractivity contribution in [3.8, 4) is 11.5 Å². The third-order valence-electron chi connectivity index (χ3n) is 5.07. The zero-order valence-electron chi connectivity index (χ0n) is 23.3. The molecule has 0 aromatic heterocycles. The van der Waals surface area contributed by atoms with Crippen molar-refractivity contribution in [1.82, 2.24) is 0 Å². The molecule has 1 unspecified atom stereocenters. The first-order valence-electron chi connectivity index (χ1n) is 12.2. The van der Waals surface area contributed by atoms with Gasteiger partial charge in [-0.2, -0.15) is 0 Å². The molecule has 0 heterocycles. The predicted molar refractivity (Wildman–Crippen MR) is 136 cm³/mol. The molecule has 37 heavy (non-hydrogen) atoms. The van der Waals surface area contributed by atoms with Gasteiger partial charge in [0.05, 0.1) is 17.4 Å². The molecule has 1 rings (SSSR count). The minimum Gasteiger partial charge on any atom is -0.480 e. The molecule has 208 valence electrons. The van der Waals surface area contributed by atoms with E-state index in [4.69, 9.17) is 24.7 Å². The Bertz CT molecular complexity index is 989. The van der Waals surface area contributed by atoms with Crippen molar-refractivity contribution < 1.29 is 43.2 Å². The normalized spacial score (nSPS) is 14.4. The number of rotatable bonds is 10. The van der Waals surface area contributed by atoms with Crippen LogP contribution in [0.5, 0.6) is 11.5 Å². The first kappa shape index (κ1) is 31.9. The van der Waals surface area contributed by atoms with Crippen molar-refractivity contribution in [3.63, 3.8) is 0 Å². The number of ether oxygens (including phenoxy) is 4. The van der Waals surface area contributed by atoms with E-state index in [2.05, 4.69) is 0 Å². The summed E-state index contributed by atoms with van der Waals surface area (Å²) in [5.74, 6) is -2.33. The number of hydrogen-bond acceptors (Lipinski definition) is 9. The van der Waals surface area contributed by atoms with E-state index >= 15 is 0 Å². The maximum atomic E-state index is 12.6. The third kappa shape index (κ3) is 10.4. The van der Waals surface area contributed by atoms with Gasteiger partial charge in [-0.25, -0.2) is 4.79 Å². The SMILES string of the molecule is CC(C)COC(=O)O[C@@H](C)CC(N)(Cc1ccc(OC(=O)C(C)(C)C)c(OC(=O)C(C)(C)C)c1)C(=O)O. The Labute approximate surface area is 218 Å². The van der Waals surface area contributed by atoms with Crippen molar-refractivity contribution in [2.75, 3.05) is 6.61 Å². The second kappa shape index (κ2) is 12.4.